The number of carbonyl (C=O) groups is 2. The zero-order valence-electron chi connectivity index (χ0n) is 7.59. The van der Waals surface area contributed by atoms with Crippen molar-refractivity contribution >= 4 is 12.3 Å². The van der Waals surface area contributed by atoms with Gasteiger partial charge in [0.2, 0.25) is 12.3 Å². The van der Waals surface area contributed by atoms with Crippen LogP contribution in [0.3, 0.4) is 0 Å². The van der Waals surface area contributed by atoms with Crippen molar-refractivity contribution in [1.29, 1.82) is 0 Å². The van der Waals surface area contributed by atoms with Gasteiger partial charge in [-0.1, -0.05) is 13.8 Å². The van der Waals surface area contributed by atoms with E-state index in [4.69, 9.17) is 0 Å². The number of hydrogen-bond acceptors (Lipinski definition) is 2. The third-order valence-corrected chi connectivity index (χ3v) is 1.27. The lowest BCUT2D eigenvalue weighted by Gasteiger charge is -2.05. The van der Waals surface area contributed by atoms with Crippen LogP contribution in [-0.2, 0) is 9.59 Å². The smallest absolute Gasteiger partial charge is 0.220 e. The molecule has 0 fully saturated rings. The average molecular weight is 172 g/mol. The summed E-state index contributed by atoms with van der Waals surface area (Å²) in [6, 6.07) is 0. The molecule has 2 amide bonds. The van der Waals surface area contributed by atoms with Crippen molar-refractivity contribution in [1.82, 2.24) is 10.6 Å². The van der Waals surface area contributed by atoms with Crippen LogP contribution in [0.1, 0.15) is 20.3 Å². The summed E-state index contributed by atoms with van der Waals surface area (Å²) in [5.41, 5.74) is 0. The predicted octanol–water partition coefficient (Wildman–Crippen LogP) is -0.105. The maximum absolute atomic E-state index is 11.0. The lowest BCUT2D eigenvalue weighted by Crippen LogP contribution is -2.31. The maximum atomic E-state index is 11.0. The molecule has 0 aromatic carbocycles. The second kappa shape index (κ2) is 6.64. The molecule has 0 saturated heterocycles. The molecule has 0 saturated carbocycles. The molecule has 4 nitrogen and oxygen atoms in total. The minimum Gasteiger partial charge on any atom is -0.357 e. The number of nitrogens with one attached hydrogen (secondary N) is 2. The topological polar surface area (TPSA) is 58.2 Å². The molecule has 0 atom stereocenters. The first kappa shape index (κ1) is 10.9. The van der Waals surface area contributed by atoms with Gasteiger partial charge >= 0.3 is 0 Å². The maximum Gasteiger partial charge on any atom is 0.220 e. The Labute approximate surface area is 72.7 Å². The zero-order chi connectivity index (χ0) is 9.40. The first-order valence-electron chi connectivity index (χ1n) is 4.10. The Hall–Kier alpha value is -1.06. The van der Waals surface area contributed by atoms with Crippen LogP contribution in [0, 0.1) is 5.92 Å². The Kier molecular flexibility index (Phi) is 6.05. The van der Waals surface area contributed by atoms with Gasteiger partial charge in [0.15, 0.2) is 0 Å². The summed E-state index contributed by atoms with van der Waals surface area (Å²) in [6.45, 7) is 4.98. The van der Waals surface area contributed by atoms with Crippen molar-refractivity contribution < 1.29 is 9.59 Å². The van der Waals surface area contributed by atoms with Crippen LogP contribution in [0.25, 0.3) is 0 Å². The quantitative estimate of drug-likeness (QED) is 0.434. The van der Waals surface area contributed by atoms with Gasteiger partial charge in [0.1, 0.15) is 0 Å². The SMILES string of the molecule is CC(C)CC(=O)NCCNC=O. The van der Waals surface area contributed by atoms with Crippen LogP contribution in [0.4, 0.5) is 0 Å². The van der Waals surface area contributed by atoms with E-state index in [2.05, 4.69) is 10.6 Å². The fourth-order valence-electron chi connectivity index (χ4n) is 0.776. The highest BCUT2D eigenvalue weighted by atomic mass is 16.1. The molecule has 0 bridgehead atoms. The fourth-order valence-corrected chi connectivity index (χ4v) is 0.776. The second-order valence-corrected chi connectivity index (χ2v) is 3.02. The average Bonchev–Trinajstić information content (AvgIpc) is 1.97. The molecule has 2 N–H and O–H groups in total. The highest BCUT2D eigenvalue weighted by molar-refractivity contribution is 5.76. The molecular weight excluding hydrogens is 156 g/mol. The molecule has 0 spiro atoms. The van der Waals surface area contributed by atoms with E-state index in [1.807, 2.05) is 13.8 Å². The molecule has 0 unspecified atom stereocenters. The molecule has 0 aromatic heterocycles. The third kappa shape index (κ3) is 7.05. The van der Waals surface area contributed by atoms with Gasteiger partial charge in [-0.05, 0) is 5.92 Å². The normalized spacial score (nSPS) is 9.58. The molecule has 0 aliphatic rings. The van der Waals surface area contributed by atoms with Gasteiger partial charge in [-0.15, -0.1) is 0 Å². The van der Waals surface area contributed by atoms with Crippen molar-refractivity contribution in [2.75, 3.05) is 13.1 Å². The Balaban J connectivity index is 3.25. The van der Waals surface area contributed by atoms with Crippen molar-refractivity contribution in [2.45, 2.75) is 20.3 Å². The van der Waals surface area contributed by atoms with Crippen molar-refractivity contribution in [3.8, 4) is 0 Å². The highest BCUT2D eigenvalue weighted by Gasteiger charge is 2.02. The predicted molar refractivity (Wildman–Crippen MR) is 46.5 cm³/mol. The number of carbonyl (C=O) groups excluding carboxylic acids is 2. The molecule has 0 radical (unpaired) electrons. The molecule has 4 heteroatoms. The standard InChI is InChI=1S/C8H16N2O2/c1-7(2)5-8(12)10-4-3-9-6-11/h6-7H,3-5H2,1-2H3,(H,9,11)(H,10,12). The van der Waals surface area contributed by atoms with E-state index >= 15 is 0 Å². The number of hydrogen-bond donors (Lipinski definition) is 2. The van der Waals surface area contributed by atoms with E-state index in [-0.39, 0.29) is 5.91 Å². The first-order valence-corrected chi connectivity index (χ1v) is 4.10. The van der Waals surface area contributed by atoms with Gasteiger partial charge < -0.3 is 10.6 Å². The Morgan fingerprint density at radius 1 is 1.42 bits per heavy atom. The molecule has 0 aliphatic carbocycles. The highest BCUT2D eigenvalue weighted by Crippen LogP contribution is 1.97. The molecule has 0 aromatic rings. The molecule has 12 heavy (non-hydrogen) atoms. The molecule has 0 rings (SSSR count). The van der Waals surface area contributed by atoms with E-state index in [0.29, 0.717) is 31.8 Å². The summed E-state index contributed by atoms with van der Waals surface area (Å²) in [6.07, 6.45) is 1.16. The molecule has 0 heterocycles. The molecular formula is C8H16N2O2. The van der Waals surface area contributed by atoms with Gasteiger partial charge in [0, 0.05) is 19.5 Å². The first-order chi connectivity index (χ1) is 5.66. The molecule has 70 valence electrons. The van der Waals surface area contributed by atoms with E-state index in [1.165, 1.54) is 0 Å². The van der Waals surface area contributed by atoms with Crippen LogP contribution in [0.5, 0.6) is 0 Å². The second-order valence-electron chi connectivity index (χ2n) is 3.02. The summed E-state index contributed by atoms with van der Waals surface area (Å²) in [5.74, 6) is 0.418. The van der Waals surface area contributed by atoms with Crippen molar-refractivity contribution in [3.63, 3.8) is 0 Å². The summed E-state index contributed by atoms with van der Waals surface area (Å²) < 4.78 is 0. The summed E-state index contributed by atoms with van der Waals surface area (Å²) >= 11 is 0. The van der Waals surface area contributed by atoms with Crippen LogP contribution in [0.2, 0.25) is 0 Å². The minimum atomic E-state index is 0.0395. The summed E-state index contributed by atoms with van der Waals surface area (Å²) in [7, 11) is 0. The summed E-state index contributed by atoms with van der Waals surface area (Å²) in [4.78, 5) is 20.8. The van der Waals surface area contributed by atoms with Gasteiger partial charge in [-0.2, -0.15) is 0 Å². The Morgan fingerprint density at radius 2 is 2.08 bits per heavy atom. The summed E-state index contributed by atoms with van der Waals surface area (Å²) in [5, 5.41) is 5.15. The van der Waals surface area contributed by atoms with Crippen molar-refractivity contribution in [3.05, 3.63) is 0 Å². The van der Waals surface area contributed by atoms with Crippen molar-refractivity contribution in [2.24, 2.45) is 5.92 Å². The van der Waals surface area contributed by atoms with Crippen LogP contribution < -0.4 is 10.6 Å². The lowest BCUT2D eigenvalue weighted by molar-refractivity contribution is -0.121. The minimum absolute atomic E-state index is 0.0395. The monoisotopic (exact) mass is 172 g/mol. The Bertz CT molecular complexity index is 146. The fraction of sp³-hybridized carbons (Fsp3) is 0.750. The van der Waals surface area contributed by atoms with Gasteiger partial charge in [-0.3, -0.25) is 9.59 Å². The third-order valence-electron chi connectivity index (χ3n) is 1.27. The van der Waals surface area contributed by atoms with Crippen LogP contribution >= 0.6 is 0 Å². The van der Waals surface area contributed by atoms with Gasteiger partial charge in [0.05, 0.1) is 0 Å². The van der Waals surface area contributed by atoms with Crippen LogP contribution in [0.15, 0.2) is 0 Å². The van der Waals surface area contributed by atoms with Crippen LogP contribution in [-0.4, -0.2) is 25.4 Å². The van der Waals surface area contributed by atoms with E-state index < -0.39 is 0 Å². The zero-order valence-corrected chi connectivity index (χ0v) is 7.59. The molecule has 0 aliphatic heterocycles. The van der Waals surface area contributed by atoms with E-state index in [0.717, 1.165) is 0 Å². The Morgan fingerprint density at radius 3 is 2.58 bits per heavy atom. The van der Waals surface area contributed by atoms with E-state index in [1.54, 1.807) is 0 Å². The lowest BCUT2D eigenvalue weighted by atomic mass is 10.1. The van der Waals surface area contributed by atoms with E-state index in [9.17, 15) is 9.59 Å². The number of rotatable bonds is 6. The van der Waals surface area contributed by atoms with Gasteiger partial charge in [-0.25, -0.2) is 0 Å². The van der Waals surface area contributed by atoms with Gasteiger partial charge in [0.25, 0.3) is 0 Å². The largest absolute Gasteiger partial charge is 0.357 e. The number of amides is 2.